The zero-order valence-electron chi connectivity index (χ0n) is 19.0. The molecule has 2 atom stereocenters. The summed E-state index contributed by atoms with van der Waals surface area (Å²) >= 11 is 0. The van der Waals surface area contributed by atoms with Crippen LogP contribution in [-0.2, 0) is 9.53 Å². The van der Waals surface area contributed by atoms with E-state index in [1.807, 2.05) is 33.8 Å². The Bertz CT molecular complexity index is 539. The number of rotatable bonds is 7. The van der Waals surface area contributed by atoms with Gasteiger partial charge in [-0.1, -0.05) is 61.0 Å². The molecule has 0 amide bonds. The third-order valence-corrected chi connectivity index (χ3v) is 5.40. The molecule has 0 aromatic heterocycles. The van der Waals surface area contributed by atoms with Crippen LogP contribution in [0.3, 0.4) is 0 Å². The van der Waals surface area contributed by atoms with Crippen LogP contribution in [-0.4, -0.2) is 16.7 Å². The Balaban J connectivity index is 5.44. The zero-order chi connectivity index (χ0) is 21.0. The van der Waals surface area contributed by atoms with Crippen LogP contribution in [0.1, 0.15) is 95.4 Å². The van der Waals surface area contributed by atoms with E-state index in [-0.39, 0.29) is 16.8 Å². The average molecular weight is 367 g/mol. The number of hydrogen-bond acceptors (Lipinski definition) is 3. The number of aliphatic hydroxyl groups is 1. The van der Waals surface area contributed by atoms with Crippen LogP contribution in [0.5, 0.6) is 0 Å². The van der Waals surface area contributed by atoms with Gasteiger partial charge in [0, 0.05) is 0 Å². The highest BCUT2D eigenvalue weighted by Gasteiger charge is 2.47. The summed E-state index contributed by atoms with van der Waals surface area (Å²) in [4.78, 5) is 13.0. The molecule has 0 bridgehead atoms. The van der Waals surface area contributed by atoms with E-state index in [2.05, 4.69) is 41.5 Å². The molecule has 0 rings (SSSR count). The second kappa shape index (κ2) is 8.73. The van der Waals surface area contributed by atoms with Crippen molar-refractivity contribution in [3.63, 3.8) is 0 Å². The van der Waals surface area contributed by atoms with Gasteiger partial charge >= 0.3 is 5.97 Å². The van der Waals surface area contributed by atoms with Gasteiger partial charge in [-0.3, -0.25) is 4.79 Å². The van der Waals surface area contributed by atoms with E-state index in [4.69, 9.17) is 4.74 Å². The van der Waals surface area contributed by atoms with Crippen LogP contribution in [0.4, 0.5) is 0 Å². The van der Waals surface area contributed by atoms with Crippen LogP contribution >= 0.6 is 0 Å². The molecule has 1 N–H and O–H groups in total. The maximum absolute atomic E-state index is 13.0. The predicted octanol–water partition coefficient (Wildman–Crippen LogP) is 6.42. The monoisotopic (exact) mass is 366 g/mol. The number of allylic oxidation sites excluding steroid dienone is 3. The summed E-state index contributed by atoms with van der Waals surface area (Å²) in [5.41, 5.74) is -0.750. The fourth-order valence-corrected chi connectivity index (χ4v) is 3.10. The molecule has 0 saturated heterocycles. The first-order valence-electron chi connectivity index (χ1n) is 9.76. The van der Waals surface area contributed by atoms with E-state index >= 15 is 0 Å². The third kappa shape index (κ3) is 7.26. The van der Waals surface area contributed by atoms with Crippen molar-refractivity contribution in [2.45, 2.75) is 101 Å². The molecule has 0 aliphatic rings. The molecule has 0 aliphatic heterocycles. The van der Waals surface area contributed by atoms with E-state index in [0.29, 0.717) is 12.2 Å². The van der Waals surface area contributed by atoms with Crippen LogP contribution in [0.2, 0.25) is 0 Å². The van der Waals surface area contributed by atoms with Crippen LogP contribution < -0.4 is 0 Å². The van der Waals surface area contributed by atoms with Gasteiger partial charge in [-0.2, -0.15) is 0 Å². The van der Waals surface area contributed by atoms with E-state index in [9.17, 15) is 9.90 Å². The summed E-state index contributed by atoms with van der Waals surface area (Å²) in [6.07, 6.45) is 5.98. The van der Waals surface area contributed by atoms with Crippen LogP contribution in [0.15, 0.2) is 23.5 Å². The molecular formula is C23H42O3. The van der Waals surface area contributed by atoms with Crippen molar-refractivity contribution in [3.8, 4) is 0 Å². The molecule has 3 nitrogen and oxygen atoms in total. The van der Waals surface area contributed by atoms with E-state index < -0.39 is 11.0 Å². The average Bonchev–Trinajstić information content (AvgIpc) is 2.41. The topological polar surface area (TPSA) is 46.5 Å². The number of hydrogen-bond donors (Lipinski definition) is 1. The maximum Gasteiger partial charge on any atom is 0.317 e. The minimum absolute atomic E-state index is 0.0218. The van der Waals surface area contributed by atoms with Gasteiger partial charge in [0.05, 0.1) is 11.0 Å². The van der Waals surface area contributed by atoms with Gasteiger partial charge in [0.25, 0.3) is 0 Å². The van der Waals surface area contributed by atoms with Gasteiger partial charge in [-0.05, 0) is 63.0 Å². The molecule has 0 aromatic rings. The molecule has 152 valence electrons. The Kier molecular flexibility index (Phi) is 8.37. The standard InChI is InChI=1S/C23H42O3/c1-12-15-23(11,25)17(2)13-14-18(3)26-19(24)22(10,21(7,8)9)16-20(4,5)6/h13-14,25H,12,15-16H2,1-11H3/b17-13+,18-14+. The highest BCUT2D eigenvalue weighted by Crippen LogP contribution is 2.47. The van der Waals surface area contributed by atoms with Gasteiger partial charge in [-0.25, -0.2) is 0 Å². The first kappa shape index (κ1) is 24.9. The molecule has 0 aromatic carbocycles. The van der Waals surface area contributed by atoms with Crippen molar-refractivity contribution in [2.75, 3.05) is 0 Å². The minimum Gasteiger partial charge on any atom is -0.431 e. The Labute approximate surface area is 161 Å². The predicted molar refractivity (Wildman–Crippen MR) is 111 cm³/mol. The molecular weight excluding hydrogens is 324 g/mol. The number of carbonyl (C=O) groups is 1. The first-order valence-corrected chi connectivity index (χ1v) is 9.76. The van der Waals surface area contributed by atoms with Crippen molar-refractivity contribution < 1.29 is 14.6 Å². The van der Waals surface area contributed by atoms with E-state index in [1.54, 1.807) is 13.0 Å². The van der Waals surface area contributed by atoms with Crippen LogP contribution in [0.25, 0.3) is 0 Å². The third-order valence-electron chi connectivity index (χ3n) is 5.40. The molecule has 3 heteroatoms. The minimum atomic E-state index is -0.832. The number of esters is 1. The maximum atomic E-state index is 13.0. The van der Waals surface area contributed by atoms with Gasteiger partial charge < -0.3 is 9.84 Å². The SMILES string of the molecule is CCCC(C)(O)/C(C)=C/C=C(\C)OC(=O)C(C)(CC(C)(C)C)C(C)(C)C. The Hall–Kier alpha value is -1.09. The second-order valence-electron chi connectivity index (χ2n) is 10.4. The fraction of sp³-hybridized carbons (Fsp3) is 0.783. The van der Waals surface area contributed by atoms with Gasteiger partial charge in [0.15, 0.2) is 0 Å². The molecule has 0 aliphatic carbocycles. The Morgan fingerprint density at radius 1 is 0.962 bits per heavy atom. The summed E-state index contributed by atoms with van der Waals surface area (Å²) in [6, 6.07) is 0. The smallest absolute Gasteiger partial charge is 0.317 e. The van der Waals surface area contributed by atoms with Crippen molar-refractivity contribution in [1.82, 2.24) is 0 Å². The van der Waals surface area contributed by atoms with Gasteiger partial charge in [0.1, 0.15) is 5.76 Å². The lowest BCUT2D eigenvalue weighted by Crippen LogP contribution is -2.44. The molecule has 0 saturated carbocycles. The normalized spacial score (nSPS) is 18.9. The fourth-order valence-electron chi connectivity index (χ4n) is 3.10. The summed E-state index contributed by atoms with van der Waals surface area (Å²) in [5, 5.41) is 10.4. The summed E-state index contributed by atoms with van der Waals surface area (Å²) in [5.74, 6) is 0.353. The molecule has 2 unspecified atom stereocenters. The lowest BCUT2D eigenvalue weighted by atomic mass is 9.61. The largest absolute Gasteiger partial charge is 0.431 e. The van der Waals surface area contributed by atoms with Crippen molar-refractivity contribution in [1.29, 1.82) is 0 Å². The highest BCUT2D eigenvalue weighted by atomic mass is 16.5. The van der Waals surface area contributed by atoms with Gasteiger partial charge in [-0.15, -0.1) is 0 Å². The highest BCUT2D eigenvalue weighted by molar-refractivity contribution is 5.78. The molecule has 0 spiro atoms. The number of ether oxygens (including phenoxy) is 1. The van der Waals surface area contributed by atoms with E-state index in [1.165, 1.54) is 0 Å². The van der Waals surface area contributed by atoms with Crippen molar-refractivity contribution >= 4 is 5.97 Å². The van der Waals surface area contributed by atoms with Gasteiger partial charge in [0.2, 0.25) is 0 Å². The molecule has 26 heavy (non-hydrogen) atoms. The summed E-state index contributed by atoms with van der Waals surface area (Å²) in [6.45, 7) is 22.3. The molecule has 0 radical (unpaired) electrons. The second-order valence-corrected chi connectivity index (χ2v) is 10.4. The lowest BCUT2D eigenvalue weighted by molar-refractivity contribution is -0.160. The molecule has 0 fully saturated rings. The summed E-state index contributed by atoms with van der Waals surface area (Å²) in [7, 11) is 0. The zero-order valence-corrected chi connectivity index (χ0v) is 19.0. The Morgan fingerprint density at radius 3 is 1.85 bits per heavy atom. The lowest BCUT2D eigenvalue weighted by Gasteiger charge is -2.43. The Morgan fingerprint density at radius 2 is 1.46 bits per heavy atom. The van der Waals surface area contributed by atoms with E-state index in [0.717, 1.165) is 18.4 Å². The van der Waals surface area contributed by atoms with Crippen molar-refractivity contribution in [3.05, 3.63) is 23.5 Å². The van der Waals surface area contributed by atoms with Crippen molar-refractivity contribution in [2.24, 2.45) is 16.2 Å². The van der Waals surface area contributed by atoms with Crippen LogP contribution in [0, 0.1) is 16.2 Å². The first-order chi connectivity index (χ1) is 11.5. The summed E-state index contributed by atoms with van der Waals surface area (Å²) < 4.78 is 5.71. The molecule has 0 heterocycles. The quantitative estimate of drug-likeness (QED) is 0.321. The number of carbonyl (C=O) groups excluding carboxylic acids is 1.